The summed E-state index contributed by atoms with van der Waals surface area (Å²) >= 11 is 0. The van der Waals surface area contributed by atoms with Crippen LogP contribution in [0.5, 0.6) is 0 Å². The van der Waals surface area contributed by atoms with Gasteiger partial charge in [-0.3, -0.25) is 0 Å². The van der Waals surface area contributed by atoms with E-state index < -0.39 is 0 Å². The van der Waals surface area contributed by atoms with Crippen LogP contribution in [-0.4, -0.2) is 0 Å². The molecule has 0 radical (unpaired) electrons. The Bertz CT molecular complexity index is 261. The molecule has 0 bridgehead atoms. The molecule has 0 heterocycles. The molecule has 12 heavy (non-hydrogen) atoms. The molecular weight excluding hydrogens is 298 g/mol. The Balaban J connectivity index is 0.000000605. The van der Waals surface area contributed by atoms with Crippen molar-refractivity contribution in [2.24, 2.45) is 0 Å². The van der Waals surface area contributed by atoms with E-state index in [0.717, 1.165) is 24.0 Å². The van der Waals surface area contributed by atoms with Crippen LogP contribution in [0.25, 0.3) is 0 Å². The smallest absolute Gasteiger partial charge is 0.320 e. The van der Waals surface area contributed by atoms with Crippen molar-refractivity contribution in [3.05, 3.63) is 41.6 Å². The van der Waals surface area contributed by atoms with Gasteiger partial charge in [-0.15, -0.1) is 0 Å². The van der Waals surface area contributed by atoms with Gasteiger partial charge in [-0.2, -0.15) is 12.8 Å². The zero-order valence-electron chi connectivity index (χ0n) is 7.60. The van der Waals surface area contributed by atoms with Gasteiger partial charge in [0.05, 0.1) is 0 Å². The molecule has 1 aliphatic carbocycles. The standard InChI is InChI=1S/C9H8F.2Rb/c10-9-6-2-4-7-3-1-5-8(7)9;;/h1-2,4,6H,3,5H2;;/q-1;2*+1. The van der Waals surface area contributed by atoms with E-state index in [1.54, 1.807) is 6.07 Å². The molecule has 0 fully saturated rings. The number of fused-ring (bicyclic) bond motifs is 1. The van der Waals surface area contributed by atoms with Gasteiger partial charge in [0.2, 0.25) is 0 Å². The predicted molar refractivity (Wildman–Crippen MR) is 38.1 cm³/mol. The maximum atomic E-state index is 12.9. The second-order valence-electron chi connectivity index (χ2n) is 2.57. The molecule has 0 amide bonds. The Hall–Kier alpha value is 2.76. The molecule has 0 N–H and O–H groups in total. The van der Waals surface area contributed by atoms with E-state index >= 15 is 0 Å². The fourth-order valence-electron chi connectivity index (χ4n) is 1.40. The monoisotopic (exact) mass is 305 g/mol. The quantitative estimate of drug-likeness (QED) is 0.431. The normalized spacial score (nSPS) is 12.8. The molecule has 1 aromatic rings. The van der Waals surface area contributed by atoms with Gasteiger partial charge in [0.25, 0.3) is 0 Å². The first-order valence-electron chi connectivity index (χ1n) is 3.46. The van der Waals surface area contributed by atoms with Crippen molar-refractivity contribution in [2.75, 3.05) is 0 Å². The maximum absolute atomic E-state index is 12.9. The minimum absolute atomic E-state index is 0. The van der Waals surface area contributed by atoms with Crippen molar-refractivity contribution >= 4 is 0 Å². The molecule has 0 unspecified atom stereocenters. The zero-order valence-corrected chi connectivity index (χ0v) is 17.4. The van der Waals surface area contributed by atoms with Crippen LogP contribution < -0.4 is 116 Å². The van der Waals surface area contributed by atoms with Crippen LogP contribution in [0.15, 0.2) is 18.2 Å². The van der Waals surface area contributed by atoms with Crippen LogP contribution in [0, 0.1) is 12.2 Å². The molecule has 1 aromatic carbocycles. The van der Waals surface area contributed by atoms with Crippen LogP contribution in [0.3, 0.4) is 0 Å². The fraction of sp³-hybridized carbons (Fsp3) is 0.222. The van der Waals surface area contributed by atoms with Gasteiger partial charge in [0.1, 0.15) is 5.82 Å². The van der Waals surface area contributed by atoms with Crippen molar-refractivity contribution in [1.82, 2.24) is 0 Å². The van der Waals surface area contributed by atoms with Gasteiger partial charge in [0.15, 0.2) is 0 Å². The second-order valence-corrected chi connectivity index (χ2v) is 2.57. The fourth-order valence-corrected chi connectivity index (χ4v) is 1.40. The van der Waals surface area contributed by atoms with E-state index in [-0.39, 0.29) is 122 Å². The Morgan fingerprint density at radius 1 is 1.17 bits per heavy atom. The minimum Gasteiger partial charge on any atom is -0.320 e. The molecule has 0 atom stereocenters. The van der Waals surface area contributed by atoms with Gasteiger partial charge < -0.3 is 6.42 Å². The molecule has 0 aliphatic heterocycles. The van der Waals surface area contributed by atoms with E-state index in [4.69, 9.17) is 0 Å². The van der Waals surface area contributed by atoms with Gasteiger partial charge in [0, 0.05) is 0 Å². The predicted octanol–water partition coefficient (Wildman–Crippen LogP) is -3.86. The minimum atomic E-state index is -0.0498. The Labute approximate surface area is 170 Å². The largest absolute Gasteiger partial charge is 1.00 e. The molecule has 0 spiro atoms. The summed E-state index contributed by atoms with van der Waals surface area (Å²) < 4.78 is 12.9. The molecule has 3 heteroatoms. The van der Waals surface area contributed by atoms with Crippen LogP contribution in [0.4, 0.5) is 4.39 Å². The molecule has 0 nitrogen and oxygen atoms in total. The molecule has 0 saturated carbocycles. The first-order chi connectivity index (χ1) is 4.88. The van der Waals surface area contributed by atoms with Gasteiger partial charge >= 0.3 is 116 Å². The summed E-state index contributed by atoms with van der Waals surface area (Å²) in [5.74, 6) is -0.0498. The molecule has 0 aromatic heterocycles. The van der Waals surface area contributed by atoms with Crippen molar-refractivity contribution in [3.63, 3.8) is 0 Å². The third-order valence-corrected chi connectivity index (χ3v) is 1.93. The number of benzene rings is 1. The second kappa shape index (κ2) is 7.10. The van der Waals surface area contributed by atoms with Crippen LogP contribution in [-0.2, 0) is 12.8 Å². The number of rotatable bonds is 0. The summed E-state index contributed by atoms with van der Waals surface area (Å²) in [6.45, 7) is 0. The Morgan fingerprint density at radius 3 is 2.58 bits per heavy atom. The van der Waals surface area contributed by atoms with Crippen LogP contribution in [0.1, 0.15) is 11.1 Å². The van der Waals surface area contributed by atoms with E-state index in [0.29, 0.717) is 0 Å². The number of hydrogen-bond donors (Lipinski definition) is 0. The summed E-state index contributed by atoms with van der Waals surface area (Å²) in [6.07, 6.45) is 3.85. The molecule has 0 saturated heterocycles. The van der Waals surface area contributed by atoms with Crippen LogP contribution in [0.2, 0.25) is 0 Å². The summed E-state index contributed by atoms with van der Waals surface area (Å²) in [5.41, 5.74) is 2.04. The van der Waals surface area contributed by atoms with Crippen molar-refractivity contribution in [1.29, 1.82) is 0 Å². The van der Waals surface area contributed by atoms with E-state index in [1.807, 2.05) is 6.07 Å². The van der Waals surface area contributed by atoms with Crippen molar-refractivity contribution in [3.8, 4) is 0 Å². The van der Waals surface area contributed by atoms with Gasteiger partial charge in [-0.1, -0.05) is 17.7 Å². The zero-order chi connectivity index (χ0) is 6.97. The van der Waals surface area contributed by atoms with Crippen molar-refractivity contribution in [2.45, 2.75) is 12.8 Å². The first-order valence-corrected chi connectivity index (χ1v) is 3.46. The molecule has 2 rings (SSSR count). The maximum Gasteiger partial charge on any atom is 1.00 e. The Kier molecular flexibility index (Phi) is 8.74. The summed E-state index contributed by atoms with van der Waals surface area (Å²) in [7, 11) is 0. The third kappa shape index (κ3) is 3.41. The average Bonchev–Trinajstić information content (AvgIpc) is 2.36. The number of hydrogen-bond acceptors (Lipinski definition) is 0. The van der Waals surface area contributed by atoms with Gasteiger partial charge in [-0.25, -0.2) is 4.39 Å². The first kappa shape index (κ1) is 14.8. The van der Waals surface area contributed by atoms with Crippen molar-refractivity contribution < 1.29 is 121 Å². The van der Waals surface area contributed by atoms with E-state index in [2.05, 4.69) is 6.42 Å². The topological polar surface area (TPSA) is 0 Å². The third-order valence-electron chi connectivity index (χ3n) is 1.93. The van der Waals surface area contributed by atoms with Crippen LogP contribution >= 0.6 is 0 Å². The SMILES string of the molecule is Fc1cccc2c1C[CH-]C2.[Rb+].[Rb+]. The Morgan fingerprint density at radius 2 is 1.92 bits per heavy atom. The summed E-state index contributed by atoms with van der Waals surface area (Å²) in [6, 6.07) is 5.28. The molecular formula is C9H8FRb2+. The average molecular weight is 306 g/mol. The van der Waals surface area contributed by atoms with Gasteiger partial charge in [-0.05, 0) is 11.6 Å². The molecule has 1 aliphatic rings. The molecule has 52 valence electrons. The summed E-state index contributed by atoms with van der Waals surface area (Å²) in [4.78, 5) is 0. The number of halogens is 1. The van der Waals surface area contributed by atoms with E-state index in [1.165, 1.54) is 6.07 Å². The summed E-state index contributed by atoms with van der Waals surface area (Å²) in [5, 5.41) is 0. The van der Waals surface area contributed by atoms with E-state index in [9.17, 15) is 4.39 Å².